The number of aryl methyl sites for hydroxylation is 2. The van der Waals surface area contributed by atoms with Crippen molar-refractivity contribution in [2.45, 2.75) is 26.3 Å². The summed E-state index contributed by atoms with van der Waals surface area (Å²) in [5.74, 6) is 0.126. The van der Waals surface area contributed by atoms with E-state index in [9.17, 15) is 14.7 Å². The Bertz CT molecular complexity index is 1450. The molecule has 1 aromatic carbocycles. The van der Waals surface area contributed by atoms with Crippen LogP contribution in [0.2, 0.25) is 0 Å². The Kier molecular flexibility index (Phi) is 6.97. The molecule has 0 radical (unpaired) electrons. The average Bonchev–Trinajstić information content (AvgIpc) is 3.32. The molecule has 0 unspecified atom stereocenters. The molecule has 11 heteroatoms. The molecule has 0 bridgehead atoms. The van der Waals surface area contributed by atoms with Crippen LogP contribution in [0.1, 0.15) is 30.1 Å². The largest absolute Gasteiger partial charge is 0.478 e. The second-order valence-corrected chi connectivity index (χ2v) is 9.58. The lowest BCUT2D eigenvalue weighted by Gasteiger charge is -2.15. The van der Waals surface area contributed by atoms with E-state index in [-0.39, 0.29) is 16.7 Å². The number of carboxylic acid groups (broad SMARTS) is 1. The second-order valence-electron chi connectivity index (χ2n) is 8.66. The van der Waals surface area contributed by atoms with Gasteiger partial charge in [0, 0.05) is 31.3 Å². The topological polar surface area (TPSA) is 130 Å². The van der Waals surface area contributed by atoms with Crippen LogP contribution < -0.4 is 16.0 Å². The highest BCUT2D eigenvalue weighted by molar-refractivity contribution is 9.10. The number of halogens is 1. The third-order valence-corrected chi connectivity index (χ3v) is 6.41. The zero-order chi connectivity index (χ0) is 25.3. The summed E-state index contributed by atoms with van der Waals surface area (Å²) < 4.78 is 11.8. The number of ether oxygens (including phenoxy) is 1. The van der Waals surface area contributed by atoms with Crippen LogP contribution in [0.3, 0.4) is 0 Å². The molecule has 0 fully saturated rings. The molecule has 35 heavy (non-hydrogen) atoms. The highest BCUT2D eigenvalue weighted by Gasteiger charge is 2.19. The Morgan fingerprint density at radius 3 is 2.77 bits per heavy atom. The summed E-state index contributed by atoms with van der Waals surface area (Å²) in [6.45, 7) is 3.30. The monoisotopic (exact) mass is 542 g/mol. The summed E-state index contributed by atoms with van der Waals surface area (Å²) in [7, 11) is 3.24. The molecule has 4 rings (SSSR count). The van der Waals surface area contributed by atoms with Crippen LogP contribution in [-0.4, -0.2) is 41.6 Å². The van der Waals surface area contributed by atoms with Crippen LogP contribution in [0.5, 0.6) is 5.88 Å². The van der Waals surface area contributed by atoms with Crippen molar-refractivity contribution in [3.05, 3.63) is 57.0 Å². The van der Waals surface area contributed by atoms with Gasteiger partial charge in [-0.1, -0.05) is 22.9 Å². The molecule has 10 nitrogen and oxygen atoms in total. The number of anilines is 1. The molecule has 0 spiro atoms. The van der Waals surface area contributed by atoms with E-state index in [1.165, 1.54) is 30.1 Å². The molecular weight excluding hydrogens is 516 g/mol. The molecule has 0 saturated heterocycles. The number of benzene rings is 1. The minimum Gasteiger partial charge on any atom is -0.478 e. The van der Waals surface area contributed by atoms with E-state index in [1.54, 1.807) is 11.7 Å². The number of aromatic nitrogens is 5. The van der Waals surface area contributed by atoms with Gasteiger partial charge >= 0.3 is 5.97 Å². The first-order valence-corrected chi connectivity index (χ1v) is 12.0. The Morgan fingerprint density at radius 2 is 2.03 bits per heavy atom. The number of aromatic carboxylic acids is 1. The molecule has 0 amide bonds. The van der Waals surface area contributed by atoms with Crippen LogP contribution >= 0.6 is 15.9 Å². The van der Waals surface area contributed by atoms with Crippen molar-refractivity contribution in [2.75, 3.05) is 12.3 Å². The molecule has 0 aliphatic rings. The molecule has 3 aromatic heterocycles. The van der Waals surface area contributed by atoms with Crippen molar-refractivity contribution in [3.63, 3.8) is 0 Å². The molecule has 1 atom stereocenters. The van der Waals surface area contributed by atoms with Crippen LogP contribution in [0.4, 0.5) is 5.95 Å². The lowest BCUT2D eigenvalue weighted by molar-refractivity contribution is 0.0696. The lowest BCUT2D eigenvalue weighted by Crippen LogP contribution is -2.20. The standard InChI is InChI=1S/C24H27BrN6O4/c1-14(12-31-20-10-16(25)6-7-19(20)28-24(31)26)5-4-8-35-22-18(11-27-30(22)3)17-9-15(23(33)34)13-29(2)21(17)32/h6-7,9-11,13-14H,4-5,8,12H2,1-3H3,(H2,26,28)(H,33,34)/t14-/m1/s1. The number of carbonyl (C=O) groups is 1. The Morgan fingerprint density at radius 1 is 1.26 bits per heavy atom. The zero-order valence-corrected chi connectivity index (χ0v) is 21.3. The summed E-state index contributed by atoms with van der Waals surface area (Å²) in [6, 6.07) is 7.26. The number of imidazole rings is 1. The summed E-state index contributed by atoms with van der Waals surface area (Å²) in [6.07, 6.45) is 4.47. The van der Waals surface area contributed by atoms with E-state index in [4.69, 9.17) is 10.5 Å². The smallest absolute Gasteiger partial charge is 0.337 e. The second kappa shape index (κ2) is 9.95. The molecule has 3 heterocycles. The number of hydrogen-bond acceptors (Lipinski definition) is 6. The fraction of sp³-hybridized carbons (Fsp3) is 0.333. The number of rotatable bonds is 9. The normalized spacial score (nSPS) is 12.2. The number of nitrogens with zero attached hydrogens (tertiary/aromatic N) is 5. The van der Waals surface area contributed by atoms with E-state index in [0.717, 1.165) is 34.9 Å². The minimum atomic E-state index is -1.11. The van der Waals surface area contributed by atoms with Gasteiger partial charge in [0.05, 0.1) is 40.5 Å². The van der Waals surface area contributed by atoms with Crippen molar-refractivity contribution in [2.24, 2.45) is 20.0 Å². The average molecular weight is 543 g/mol. The Hall–Kier alpha value is -3.60. The third-order valence-electron chi connectivity index (χ3n) is 5.92. The van der Waals surface area contributed by atoms with E-state index in [0.29, 0.717) is 29.9 Å². The van der Waals surface area contributed by atoms with Gasteiger partial charge in [0.25, 0.3) is 5.56 Å². The van der Waals surface area contributed by atoms with Gasteiger partial charge in [-0.2, -0.15) is 5.10 Å². The number of hydrogen-bond donors (Lipinski definition) is 2. The molecule has 0 aliphatic carbocycles. The van der Waals surface area contributed by atoms with Gasteiger partial charge in [-0.3, -0.25) is 4.79 Å². The van der Waals surface area contributed by atoms with Gasteiger partial charge in [0.1, 0.15) is 0 Å². The van der Waals surface area contributed by atoms with Gasteiger partial charge < -0.3 is 24.7 Å². The van der Waals surface area contributed by atoms with Crippen molar-refractivity contribution in [1.82, 2.24) is 23.9 Å². The van der Waals surface area contributed by atoms with E-state index in [1.807, 2.05) is 22.8 Å². The van der Waals surface area contributed by atoms with Crippen molar-refractivity contribution in [1.29, 1.82) is 0 Å². The first kappa shape index (κ1) is 24.5. The fourth-order valence-corrected chi connectivity index (χ4v) is 4.46. The minimum absolute atomic E-state index is 0.0176. The SMILES string of the molecule is C[C@H](CCCOc1c(-c2cc(C(=O)O)cn(C)c2=O)cnn1C)Cn1c(N)nc2ccc(Br)cc21. The van der Waals surface area contributed by atoms with Gasteiger partial charge in [-0.15, -0.1) is 0 Å². The first-order chi connectivity index (χ1) is 16.7. The quantitative estimate of drug-likeness (QED) is 0.308. The summed E-state index contributed by atoms with van der Waals surface area (Å²) in [4.78, 5) is 28.6. The maximum absolute atomic E-state index is 12.7. The molecule has 0 aliphatic heterocycles. The lowest BCUT2D eigenvalue weighted by atomic mass is 10.1. The molecular formula is C24H27BrN6O4. The Labute approximate surface area is 210 Å². The van der Waals surface area contributed by atoms with Crippen molar-refractivity contribution < 1.29 is 14.6 Å². The fourth-order valence-electron chi connectivity index (χ4n) is 4.11. The van der Waals surface area contributed by atoms with E-state index in [2.05, 4.69) is 32.9 Å². The summed E-state index contributed by atoms with van der Waals surface area (Å²) in [5, 5.41) is 13.6. The highest BCUT2D eigenvalue weighted by Crippen LogP contribution is 2.28. The first-order valence-electron chi connectivity index (χ1n) is 11.2. The zero-order valence-electron chi connectivity index (χ0n) is 19.7. The number of nitrogens with two attached hydrogens (primary N) is 1. The predicted octanol–water partition coefficient (Wildman–Crippen LogP) is 3.67. The number of nitrogen functional groups attached to an aromatic ring is 1. The van der Waals surface area contributed by atoms with Crippen LogP contribution in [0.15, 0.2) is 45.9 Å². The van der Waals surface area contributed by atoms with Crippen LogP contribution in [0, 0.1) is 5.92 Å². The van der Waals surface area contributed by atoms with Gasteiger partial charge in [0.15, 0.2) is 0 Å². The number of fused-ring (bicyclic) bond motifs is 1. The van der Waals surface area contributed by atoms with Crippen molar-refractivity contribution in [3.8, 4) is 17.0 Å². The number of carboxylic acids is 1. The summed E-state index contributed by atoms with van der Waals surface area (Å²) in [5.41, 5.74) is 8.40. The van der Waals surface area contributed by atoms with Gasteiger partial charge in [0.2, 0.25) is 11.8 Å². The molecule has 4 aromatic rings. The predicted molar refractivity (Wildman–Crippen MR) is 137 cm³/mol. The van der Waals surface area contributed by atoms with E-state index >= 15 is 0 Å². The maximum atomic E-state index is 12.7. The number of pyridine rings is 1. The highest BCUT2D eigenvalue weighted by atomic mass is 79.9. The third kappa shape index (κ3) is 5.09. The molecule has 3 N–H and O–H groups in total. The van der Waals surface area contributed by atoms with Crippen molar-refractivity contribution >= 4 is 38.9 Å². The van der Waals surface area contributed by atoms with Crippen LogP contribution in [0.25, 0.3) is 22.2 Å². The van der Waals surface area contributed by atoms with E-state index < -0.39 is 5.97 Å². The Balaban J connectivity index is 1.42. The molecule has 184 valence electrons. The summed E-state index contributed by atoms with van der Waals surface area (Å²) >= 11 is 3.50. The maximum Gasteiger partial charge on any atom is 0.337 e. The van der Waals surface area contributed by atoms with Crippen LogP contribution in [-0.2, 0) is 20.6 Å². The van der Waals surface area contributed by atoms with Gasteiger partial charge in [-0.05, 0) is 43.0 Å². The molecule has 0 saturated carbocycles. The van der Waals surface area contributed by atoms with Gasteiger partial charge in [-0.25, -0.2) is 14.5 Å².